The summed E-state index contributed by atoms with van der Waals surface area (Å²) in [5, 5.41) is 5.06. The standard InChI is InChI=1S/C18H32N2S/c1-6-16-12-19-17(21-16)13(3)20-15-10-8-14(9-11-15)18(4,5)7-2/h12-15,20H,6-11H2,1-5H3. The van der Waals surface area contributed by atoms with Crippen LogP contribution in [0.5, 0.6) is 0 Å². The largest absolute Gasteiger partial charge is 0.305 e. The van der Waals surface area contributed by atoms with Crippen LogP contribution in [0.3, 0.4) is 0 Å². The van der Waals surface area contributed by atoms with Crippen LogP contribution in [0, 0.1) is 11.3 Å². The van der Waals surface area contributed by atoms with Gasteiger partial charge in [-0.25, -0.2) is 4.98 Å². The fourth-order valence-corrected chi connectivity index (χ4v) is 4.31. The molecule has 1 unspecified atom stereocenters. The Morgan fingerprint density at radius 2 is 1.95 bits per heavy atom. The van der Waals surface area contributed by atoms with Crippen LogP contribution in [0.4, 0.5) is 0 Å². The lowest BCUT2D eigenvalue weighted by atomic mass is 9.69. The van der Waals surface area contributed by atoms with Gasteiger partial charge in [-0.1, -0.05) is 34.1 Å². The molecule has 1 fully saturated rings. The molecule has 1 atom stereocenters. The molecule has 0 aromatic carbocycles. The van der Waals surface area contributed by atoms with Gasteiger partial charge in [-0.15, -0.1) is 11.3 Å². The Kier molecular flexibility index (Phi) is 5.84. The summed E-state index contributed by atoms with van der Waals surface area (Å²) >= 11 is 1.86. The van der Waals surface area contributed by atoms with Crippen molar-refractivity contribution in [1.29, 1.82) is 0 Å². The van der Waals surface area contributed by atoms with Crippen LogP contribution in [0.2, 0.25) is 0 Å². The summed E-state index contributed by atoms with van der Waals surface area (Å²) in [6.07, 6.45) is 9.84. The monoisotopic (exact) mass is 308 g/mol. The van der Waals surface area contributed by atoms with E-state index in [1.807, 2.05) is 17.5 Å². The molecule has 1 aromatic heterocycles. The highest BCUT2D eigenvalue weighted by Crippen LogP contribution is 2.40. The number of hydrogen-bond donors (Lipinski definition) is 1. The normalized spacial score (nSPS) is 25.0. The van der Waals surface area contributed by atoms with Gasteiger partial charge in [-0.3, -0.25) is 0 Å². The van der Waals surface area contributed by atoms with Crippen molar-refractivity contribution in [2.45, 2.75) is 85.2 Å². The lowest BCUT2D eigenvalue weighted by molar-refractivity contribution is 0.134. The van der Waals surface area contributed by atoms with Crippen molar-refractivity contribution in [3.8, 4) is 0 Å². The van der Waals surface area contributed by atoms with E-state index >= 15 is 0 Å². The quantitative estimate of drug-likeness (QED) is 0.766. The SMILES string of the molecule is CCc1cnc(C(C)NC2CCC(C(C)(C)CC)CC2)s1. The van der Waals surface area contributed by atoms with Crippen molar-refractivity contribution in [3.05, 3.63) is 16.1 Å². The lowest BCUT2D eigenvalue weighted by Gasteiger charge is -2.39. The number of hydrogen-bond acceptors (Lipinski definition) is 3. The second-order valence-electron chi connectivity index (χ2n) is 7.30. The van der Waals surface area contributed by atoms with Crippen LogP contribution < -0.4 is 5.32 Å². The highest BCUT2D eigenvalue weighted by atomic mass is 32.1. The zero-order valence-corrected chi connectivity index (χ0v) is 15.2. The third-order valence-corrected chi connectivity index (χ3v) is 6.84. The molecule has 1 aliphatic carbocycles. The minimum atomic E-state index is 0.399. The fraction of sp³-hybridized carbons (Fsp3) is 0.833. The van der Waals surface area contributed by atoms with E-state index in [2.05, 4.69) is 44.9 Å². The number of nitrogens with one attached hydrogen (secondary N) is 1. The van der Waals surface area contributed by atoms with E-state index < -0.39 is 0 Å². The van der Waals surface area contributed by atoms with Crippen molar-refractivity contribution >= 4 is 11.3 Å². The minimum absolute atomic E-state index is 0.399. The van der Waals surface area contributed by atoms with Gasteiger partial charge in [0, 0.05) is 17.1 Å². The van der Waals surface area contributed by atoms with Gasteiger partial charge in [0.15, 0.2) is 0 Å². The van der Waals surface area contributed by atoms with Crippen molar-refractivity contribution in [1.82, 2.24) is 10.3 Å². The van der Waals surface area contributed by atoms with Crippen LogP contribution >= 0.6 is 11.3 Å². The first-order chi connectivity index (χ1) is 9.96. The first kappa shape index (κ1) is 17.0. The first-order valence-corrected chi connectivity index (χ1v) is 9.48. The number of nitrogens with zero attached hydrogens (tertiary/aromatic N) is 1. The maximum atomic E-state index is 4.58. The van der Waals surface area contributed by atoms with Crippen LogP contribution in [0.15, 0.2) is 6.20 Å². The minimum Gasteiger partial charge on any atom is -0.305 e. The van der Waals surface area contributed by atoms with Crippen LogP contribution in [-0.2, 0) is 6.42 Å². The van der Waals surface area contributed by atoms with Crippen molar-refractivity contribution in [3.63, 3.8) is 0 Å². The molecule has 120 valence electrons. The highest BCUT2D eigenvalue weighted by Gasteiger charge is 2.32. The predicted octanol–water partition coefficient (Wildman–Crippen LogP) is 5.35. The van der Waals surface area contributed by atoms with Gasteiger partial charge in [0.25, 0.3) is 0 Å². The summed E-state index contributed by atoms with van der Waals surface area (Å²) in [5.41, 5.74) is 0.516. The second-order valence-corrected chi connectivity index (χ2v) is 8.44. The summed E-state index contributed by atoms with van der Waals surface area (Å²) < 4.78 is 0. The van der Waals surface area contributed by atoms with Crippen molar-refractivity contribution in [2.75, 3.05) is 0 Å². The number of thiazole rings is 1. The first-order valence-electron chi connectivity index (χ1n) is 8.67. The van der Waals surface area contributed by atoms with Gasteiger partial charge >= 0.3 is 0 Å². The molecule has 0 aliphatic heterocycles. The number of aryl methyl sites for hydroxylation is 1. The van der Waals surface area contributed by atoms with E-state index in [9.17, 15) is 0 Å². The summed E-state index contributed by atoms with van der Waals surface area (Å²) in [6.45, 7) is 11.7. The van der Waals surface area contributed by atoms with Gasteiger partial charge in [-0.05, 0) is 50.4 Å². The fourth-order valence-electron chi connectivity index (χ4n) is 3.44. The molecule has 2 rings (SSSR count). The molecule has 0 saturated heterocycles. The van der Waals surface area contributed by atoms with E-state index in [1.165, 1.54) is 42.0 Å². The van der Waals surface area contributed by atoms with Crippen LogP contribution in [0.25, 0.3) is 0 Å². The molecule has 1 N–H and O–H groups in total. The smallest absolute Gasteiger partial charge is 0.109 e. The molecule has 2 nitrogen and oxygen atoms in total. The summed E-state index contributed by atoms with van der Waals surface area (Å²) in [6, 6.07) is 1.08. The Bertz CT molecular complexity index is 430. The van der Waals surface area contributed by atoms with Crippen molar-refractivity contribution < 1.29 is 0 Å². The molecular formula is C18H32N2S. The van der Waals surface area contributed by atoms with Gasteiger partial charge in [0.1, 0.15) is 5.01 Å². The molecule has 1 saturated carbocycles. The average Bonchev–Trinajstić information content (AvgIpc) is 2.97. The van der Waals surface area contributed by atoms with E-state index in [1.54, 1.807) is 0 Å². The second kappa shape index (κ2) is 7.23. The van der Waals surface area contributed by atoms with E-state index in [4.69, 9.17) is 0 Å². The van der Waals surface area contributed by atoms with Gasteiger partial charge < -0.3 is 5.32 Å². The number of rotatable bonds is 6. The molecule has 21 heavy (non-hydrogen) atoms. The molecule has 0 amide bonds. The zero-order valence-electron chi connectivity index (χ0n) is 14.4. The molecule has 0 spiro atoms. The van der Waals surface area contributed by atoms with Gasteiger partial charge in [0.2, 0.25) is 0 Å². The van der Waals surface area contributed by atoms with E-state index in [0.29, 0.717) is 17.5 Å². The van der Waals surface area contributed by atoms with E-state index in [-0.39, 0.29) is 0 Å². The Balaban J connectivity index is 1.83. The topological polar surface area (TPSA) is 24.9 Å². The molecule has 1 aromatic rings. The average molecular weight is 309 g/mol. The Morgan fingerprint density at radius 1 is 1.29 bits per heavy atom. The Hall–Kier alpha value is -0.410. The predicted molar refractivity (Wildman–Crippen MR) is 92.9 cm³/mol. The van der Waals surface area contributed by atoms with Gasteiger partial charge in [-0.2, -0.15) is 0 Å². The molecule has 0 radical (unpaired) electrons. The molecular weight excluding hydrogens is 276 g/mol. The lowest BCUT2D eigenvalue weighted by Crippen LogP contribution is -2.38. The molecule has 3 heteroatoms. The third kappa shape index (κ3) is 4.29. The molecule has 1 aliphatic rings. The Labute approximate surface area is 134 Å². The highest BCUT2D eigenvalue weighted by molar-refractivity contribution is 7.11. The van der Waals surface area contributed by atoms with Crippen LogP contribution in [0.1, 0.15) is 82.6 Å². The third-order valence-electron chi connectivity index (χ3n) is 5.52. The number of aromatic nitrogens is 1. The van der Waals surface area contributed by atoms with Gasteiger partial charge in [0.05, 0.1) is 6.04 Å². The van der Waals surface area contributed by atoms with Crippen LogP contribution in [-0.4, -0.2) is 11.0 Å². The maximum absolute atomic E-state index is 4.58. The van der Waals surface area contributed by atoms with Crippen molar-refractivity contribution in [2.24, 2.45) is 11.3 Å². The molecule has 0 bridgehead atoms. The maximum Gasteiger partial charge on any atom is 0.109 e. The zero-order chi connectivity index (χ0) is 15.5. The molecule has 1 heterocycles. The Morgan fingerprint density at radius 3 is 2.48 bits per heavy atom. The van der Waals surface area contributed by atoms with E-state index in [0.717, 1.165) is 12.3 Å². The summed E-state index contributed by atoms with van der Waals surface area (Å²) in [5.74, 6) is 0.905. The summed E-state index contributed by atoms with van der Waals surface area (Å²) in [4.78, 5) is 5.97. The summed E-state index contributed by atoms with van der Waals surface area (Å²) in [7, 11) is 0.